The molecule has 1 N–H and O–H groups in total. The smallest absolute Gasteiger partial charge is 0.189 e. The van der Waals surface area contributed by atoms with Crippen molar-refractivity contribution < 1.29 is 4.74 Å². The lowest BCUT2D eigenvalue weighted by Gasteiger charge is -2.38. The average Bonchev–Trinajstić information content (AvgIpc) is 3.43. The lowest BCUT2D eigenvalue weighted by atomic mass is 10.2. The van der Waals surface area contributed by atoms with E-state index in [4.69, 9.17) is 26.9 Å². The Morgan fingerprint density at radius 1 is 0.921 bits per heavy atom. The third-order valence-electron chi connectivity index (χ3n) is 7.00. The molecule has 38 heavy (non-hydrogen) atoms. The fraction of sp³-hybridized carbons (Fsp3) is 0.464. The maximum absolute atomic E-state index is 5.78. The van der Waals surface area contributed by atoms with Crippen LogP contribution < -0.4 is 24.8 Å². The molecule has 3 heterocycles. The number of piperazine rings is 1. The molecule has 0 radical (unpaired) electrons. The number of anilines is 4. The molecule has 0 amide bonds. The summed E-state index contributed by atoms with van der Waals surface area (Å²) in [5.74, 6) is 2.94. The van der Waals surface area contributed by atoms with Gasteiger partial charge in [0.2, 0.25) is 0 Å². The molecule has 204 valence electrons. The summed E-state index contributed by atoms with van der Waals surface area (Å²) in [6.07, 6.45) is 0. The summed E-state index contributed by atoms with van der Waals surface area (Å²) in [5.41, 5.74) is 3.18. The fourth-order valence-corrected chi connectivity index (χ4v) is 5.78. The number of benzene rings is 1. The van der Waals surface area contributed by atoms with Crippen LogP contribution in [0.4, 0.5) is 22.5 Å². The number of nitrogens with zero attached hydrogens (tertiary/aromatic N) is 6. The van der Waals surface area contributed by atoms with E-state index in [1.165, 1.54) is 5.69 Å². The molecule has 3 aromatic rings. The van der Waals surface area contributed by atoms with Crippen molar-refractivity contribution in [2.75, 3.05) is 79.5 Å². The van der Waals surface area contributed by atoms with Crippen LogP contribution in [0.5, 0.6) is 5.75 Å². The first kappa shape index (κ1) is 27.9. The minimum atomic E-state index is 0.717. The van der Waals surface area contributed by atoms with Crippen LogP contribution in [0.1, 0.15) is 27.7 Å². The van der Waals surface area contributed by atoms with Crippen molar-refractivity contribution in [1.82, 2.24) is 14.9 Å². The highest BCUT2D eigenvalue weighted by Crippen LogP contribution is 2.32. The van der Waals surface area contributed by atoms with Crippen LogP contribution in [0.2, 0.25) is 0 Å². The van der Waals surface area contributed by atoms with Crippen LogP contribution in [0.15, 0.2) is 41.8 Å². The first-order chi connectivity index (χ1) is 18.5. The average molecular weight is 554 g/mol. The SMILES string of the molecule is CCN(CC)c1ccc(N(CC)CC)c(N2CCN(C(=S)Nc3nc(-c4ccc(OC)cc4)cs3)CC2)n1. The lowest BCUT2D eigenvalue weighted by molar-refractivity contribution is 0.389. The van der Waals surface area contributed by atoms with Crippen molar-refractivity contribution in [3.8, 4) is 17.0 Å². The lowest BCUT2D eigenvalue weighted by Crippen LogP contribution is -2.50. The van der Waals surface area contributed by atoms with Gasteiger partial charge in [-0.3, -0.25) is 0 Å². The summed E-state index contributed by atoms with van der Waals surface area (Å²) in [6.45, 7) is 15.9. The van der Waals surface area contributed by atoms with Crippen molar-refractivity contribution in [3.63, 3.8) is 0 Å². The van der Waals surface area contributed by atoms with Crippen molar-refractivity contribution >= 4 is 51.1 Å². The van der Waals surface area contributed by atoms with Gasteiger partial charge in [0.05, 0.1) is 18.5 Å². The van der Waals surface area contributed by atoms with Gasteiger partial charge in [0.15, 0.2) is 16.1 Å². The van der Waals surface area contributed by atoms with E-state index in [0.717, 1.165) is 86.1 Å². The number of rotatable bonds is 10. The van der Waals surface area contributed by atoms with Gasteiger partial charge < -0.3 is 29.7 Å². The number of aromatic nitrogens is 2. The Bertz CT molecular complexity index is 1180. The van der Waals surface area contributed by atoms with Crippen molar-refractivity contribution in [1.29, 1.82) is 0 Å². The van der Waals surface area contributed by atoms with Gasteiger partial charge in [-0.25, -0.2) is 9.97 Å². The maximum Gasteiger partial charge on any atom is 0.189 e. The Hall–Kier alpha value is -3.11. The molecule has 0 bridgehead atoms. The molecule has 0 unspecified atom stereocenters. The molecule has 0 aliphatic carbocycles. The molecule has 2 aromatic heterocycles. The molecule has 0 atom stereocenters. The predicted octanol–water partition coefficient (Wildman–Crippen LogP) is 5.43. The van der Waals surface area contributed by atoms with E-state index in [-0.39, 0.29) is 0 Å². The Balaban J connectivity index is 1.42. The second-order valence-electron chi connectivity index (χ2n) is 9.03. The monoisotopic (exact) mass is 553 g/mol. The van der Waals surface area contributed by atoms with Gasteiger partial charge in [-0.2, -0.15) is 0 Å². The molecule has 1 saturated heterocycles. The summed E-state index contributed by atoms with van der Waals surface area (Å²) >= 11 is 7.34. The molecule has 0 saturated carbocycles. The minimum Gasteiger partial charge on any atom is -0.497 e. The molecule has 4 rings (SSSR count). The number of ether oxygens (including phenoxy) is 1. The molecular formula is C28H39N7OS2. The third-order valence-corrected chi connectivity index (χ3v) is 8.12. The Morgan fingerprint density at radius 3 is 2.18 bits per heavy atom. The van der Waals surface area contributed by atoms with E-state index in [9.17, 15) is 0 Å². The number of pyridine rings is 1. The van der Waals surface area contributed by atoms with Crippen molar-refractivity contribution in [2.24, 2.45) is 0 Å². The van der Waals surface area contributed by atoms with Gasteiger partial charge in [0.1, 0.15) is 11.6 Å². The minimum absolute atomic E-state index is 0.717. The fourth-order valence-electron chi connectivity index (χ4n) is 4.72. The molecule has 1 aliphatic heterocycles. The quantitative estimate of drug-likeness (QED) is 0.331. The predicted molar refractivity (Wildman–Crippen MR) is 165 cm³/mol. The first-order valence-corrected chi connectivity index (χ1v) is 14.7. The van der Waals surface area contributed by atoms with Crippen molar-refractivity contribution in [2.45, 2.75) is 27.7 Å². The topological polar surface area (TPSA) is 60.0 Å². The molecule has 10 heteroatoms. The van der Waals surface area contributed by atoms with Crippen LogP contribution in [-0.2, 0) is 0 Å². The van der Waals surface area contributed by atoms with Gasteiger partial charge in [-0.1, -0.05) is 0 Å². The Labute approximate surface area is 236 Å². The Kier molecular flexibility index (Phi) is 9.63. The highest BCUT2D eigenvalue weighted by atomic mass is 32.1. The van der Waals surface area contributed by atoms with Crippen LogP contribution >= 0.6 is 23.6 Å². The van der Waals surface area contributed by atoms with Gasteiger partial charge in [-0.05, 0) is 76.3 Å². The van der Waals surface area contributed by atoms with E-state index in [0.29, 0.717) is 5.11 Å². The van der Waals surface area contributed by atoms with Crippen molar-refractivity contribution in [3.05, 3.63) is 41.8 Å². The van der Waals surface area contributed by atoms with Gasteiger partial charge in [0, 0.05) is 63.3 Å². The standard InChI is InChI=1S/C28H39N7OS2/c1-6-32(7-2)24-14-15-25(33(8-3)9-4)30-26(24)34-16-18-35(19-17-34)28(37)31-27-29-23(20-38-27)21-10-12-22(36-5)13-11-21/h10-15,20H,6-9,16-19H2,1-5H3,(H,29,31,37). The summed E-state index contributed by atoms with van der Waals surface area (Å²) in [4.78, 5) is 19.2. The number of hydrogen-bond donors (Lipinski definition) is 1. The molecule has 0 spiro atoms. The Morgan fingerprint density at radius 2 is 1.58 bits per heavy atom. The van der Waals surface area contributed by atoms with Gasteiger partial charge >= 0.3 is 0 Å². The molecule has 1 aliphatic rings. The second-order valence-corrected chi connectivity index (χ2v) is 10.3. The number of nitrogens with one attached hydrogen (secondary N) is 1. The van der Waals surface area contributed by atoms with Gasteiger partial charge in [0.25, 0.3) is 0 Å². The van der Waals surface area contributed by atoms with Crippen LogP contribution in [-0.4, -0.2) is 79.4 Å². The zero-order valence-corrected chi connectivity index (χ0v) is 24.7. The van der Waals surface area contributed by atoms with E-state index in [1.54, 1.807) is 18.4 Å². The largest absolute Gasteiger partial charge is 0.497 e. The molecule has 1 aromatic carbocycles. The van der Waals surface area contributed by atoms with E-state index >= 15 is 0 Å². The third kappa shape index (κ3) is 6.30. The zero-order chi connectivity index (χ0) is 27.1. The summed E-state index contributed by atoms with van der Waals surface area (Å²) < 4.78 is 5.26. The summed E-state index contributed by atoms with van der Waals surface area (Å²) in [6, 6.07) is 12.3. The normalized spacial score (nSPS) is 13.4. The maximum atomic E-state index is 5.78. The first-order valence-electron chi connectivity index (χ1n) is 13.4. The van der Waals surface area contributed by atoms with Crippen LogP contribution in [0, 0.1) is 0 Å². The second kappa shape index (κ2) is 13.1. The molecule has 1 fully saturated rings. The van der Waals surface area contributed by atoms with Gasteiger partial charge in [-0.15, -0.1) is 11.3 Å². The summed E-state index contributed by atoms with van der Waals surface area (Å²) in [5, 5.41) is 6.93. The number of hydrogen-bond acceptors (Lipinski definition) is 8. The summed E-state index contributed by atoms with van der Waals surface area (Å²) in [7, 11) is 1.67. The zero-order valence-electron chi connectivity index (χ0n) is 23.1. The molecular weight excluding hydrogens is 514 g/mol. The number of thiocarbonyl (C=S) groups is 1. The van der Waals surface area contributed by atoms with E-state index < -0.39 is 0 Å². The highest BCUT2D eigenvalue weighted by Gasteiger charge is 2.24. The highest BCUT2D eigenvalue weighted by molar-refractivity contribution is 7.80. The molecule has 8 nitrogen and oxygen atoms in total. The van der Waals surface area contributed by atoms with Crippen LogP contribution in [0.3, 0.4) is 0 Å². The van der Waals surface area contributed by atoms with E-state index in [1.807, 2.05) is 29.6 Å². The number of thiazole rings is 1. The van der Waals surface area contributed by atoms with E-state index in [2.05, 4.69) is 64.7 Å². The van der Waals surface area contributed by atoms with Crippen LogP contribution in [0.25, 0.3) is 11.3 Å². The number of methoxy groups -OCH3 is 1.